The van der Waals surface area contributed by atoms with E-state index < -0.39 is 5.54 Å². The average molecular weight is 591 g/mol. The lowest BCUT2D eigenvalue weighted by atomic mass is 9.85. The zero-order valence-electron chi connectivity index (χ0n) is 21.9. The lowest BCUT2D eigenvalue weighted by Gasteiger charge is -2.43. The van der Waals surface area contributed by atoms with E-state index in [1.165, 1.54) is 5.56 Å². The fourth-order valence-corrected chi connectivity index (χ4v) is 5.74. The van der Waals surface area contributed by atoms with E-state index in [-0.39, 0.29) is 24.4 Å². The SMILES string of the molecule is CCc1ccc(NC(=O)CN2CN(c3ccccc3)C3(CCN(C(=O)Nc4ccccc4Br)CC3)C2=O)cc1. The van der Waals surface area contributed by atoms with E-state index in [0.717, 1.165) is 16.6 Å². The Hall–Kier alpha value is -3.85. The highest BCUT2D eigenvalue weighted by atomic mass is 79.9. The normalized spacial score (nSPS) is 16.5. The maximum Gasteiger partial charge on any atom is 0.321 e. The first-order chi connectivity index (χ1) is 18.9. The van der Waals surface area contributed by atoms with Crippen molar-refractivity contribution in [2.75, 3.05) is 41.8 Å². The van der Waals surface area contributed by atoms with Gasteiger partial charge in [0, 0.05) is 28.9 Å². The monoisotopic (exact) mass is 589 g/mol. The molecule has 3 aromatic rings. The van der Waals surface area contributed by atoms with Gasteiger partial charge in [0.15, 0.2) is 0 Å². The summed E-state index contributed by atoms with van der Waals surface area (Å²) < 4.78 is 0.809. The Kier molecular flexibility index (Phi) is 7.88. The minimum Gasteiger partial charge on any atom is -0.339 e. The molecule has 2 fully saturated rings. The molecule has 202 valence electrons. The summed E-state index contributed by atoms with van der Waals surface area (Å²) in [6, 6.07) is 24.8. The van der Waals surface area contributed by atoms with Crippen molar-refractivity contribution in [3.8, 4) is 0 Å². The summed E-state index contributed by atoms with van der Waals surface area (Å²) in [5, 5.41) is 5.88. The number of anilines is 3. The number of halogens is 1. The lowest BCUT2D eigenvalue weighted by molar-refractivity contribution is -0.136. The third-order valence-corrected chi connectivity index (χ3v) is 8.25. The molecular formula is C30H32BrN5O3. The second kappa shape index (κ2) is 11.5. The standard InChI is InChI=1S/C30H32BrN5O3/c1-2-22-12-14-23(15-13-22)32-27(37)20-35-21-36(24-8-4-3-5-9-24)30(28(35)38)16-18-34(19-17-30)29(39)33-26-11-7-6-10-25(26)31/h3-15H,2,16-21H2,1H3,(H,32,37)(H,33,39). The third kappa shape index (κ3) is 5.63. The van der Waals surface area contributed by atoms with E-state index in [2.05, 4.69) is 38.4 Å². The minimum atomic E-state index is -0.811. The fraction of sp³-hybridized carbons (Fsp3) is 0.300. The first kappa shape index (κ1) is 26.7. The smallest absolute Gasteiger partial charge is 0.321 e. The number of piperidine rings is 1. The van der Waals surface area contributed by atoms with Gasteiger partial charge >= 0.3 is 6.03 Å². The van der Waals surface area contributed by atoms with Crippen LogP contribution in [0, 0.1) is 0 Å². The van der Waals surface area contributed by atoms with Crippen molar-refractivity contribution in [2.45, 2.75) is 31.7 Å². The second-order valence-corrected chi connectivity index (χ2v) is 10.8. The Morgan fingerprint density at radius 3 is 2.23 bits per heavy atom. The molecule has 9 heteroatoms. The molecule has 8 nitrogen and oxygen atoms in total. The molecule has 2 N–H and O–H groups in total. The molecular weight excluding hydrogens is 558 g/mol. The van der Waals surface area contributed by atoms with Crippen LogP contribution in [-0.2, 0) is 16.0 Å². The maximum absolute atomic E-state index is 13.9. The summed E-state index contributed by atoms with van der Waals surface area (Å²) in [6.45, 7) is 3.21. The predicted octanol–water partition coefficient (Wildman–Crippen LogP) is 5.32. The summed E-state index contributed by atoms with van der Waals surface area (Å²) in [6.07, 6.45) is 1.87. The number of likely N-dealkylation sites (tertiary alicyclic amines) is 1. The molecule has 1 spiro atoms. The molecule has 4 amide bonds. The van der Waals surface area contributed by atoms with Gasteiger partial charge in [-0.1, -0.05) is 49.4 Å². The number of hydrogen-bond donors (Lipinski definition) is 2. The molecule has 0 radical (unpaired) electrons. The molecule has 2 saturated heterocycles. The number of benzene rings is 3. The first-order valence-corrected chi connectivity index (χ1v) is 14.0. The number of para-hydroxylation sites is 2. The predicted molar refractivity (Wildman–Crippen MR) is 157 cm³/mol. The molecule has 2 aliphatic rings. The van der Waals surface area contributed by atoms with Gasteiger partial charge in [0.05, 0.1) is 12.4 Å². The Balaban J connectivity index is 1.29. The van der Waals surface area contributed by atoms with Crippen molar-refractivity contribution >= 4 is 50.8 Å². The molecule has 0 aromatic heterocycles. The van der Waals surface area contributed by atoms with Crippen LogP contribution in [0.3, 0.4) is 0 Å². The van der Waals surface area contributed by atoms with Crippen molar-refractivity contribution in [3.05, 3.63) is 88.9 Å². The summed E-state index contributed by atoms with van der Waals surface area (Å²) in [7, 11) is 0. The molecule has 0 bridgehead atoms. The summed E-state index contributed by atoms with van der Waals surface area (Å²) in [5.41, 5.74) is 2.72. The Morgan fingerprint density at radius 2 is 1.56 bits per heavy atom. The van der Waals surface area contributed by atoms with Crippen molar-refractivity contribution < 1.29 is 14.4 Å². The van der Waals surface area contributed by atoms with E-state index in [1.807, 2.05) is 78.9 Å². The Labute approximate surface area is 237 Å². The second-order valence-electron chi connectivity index (χ2n) is 9.94. The van der Waals surface area contributed by atoms with Crippen molar-refractivity contribution in [1.29, 1.82) is 0 Å². The van der Waals surface area contributed by atoms with Crippen LogP contribution >= 0.6 is 15.9 Å². The lowest BCUT2D eigenvalue weighted by Crippen LogP contribution is -2.58. The summed E-state index contributed by atoms with van der Waals surface area (Å²) in [4.78, 5) is 45.3. The Bertz CT molecular complexity index is 1340. The van der Waals surface area contributed by atoms with Crippen LogP contribution in [-0.4, -0.2) is 59.5 Å². The molecule has 5 rings (SSSR count). The van der Waals surface area contributed by atoms with Crippen LogP contribution in [0.15, 0.2) is 83.3 Å². The van der Waals surface area contributed by atoms with Gasteiger partial charge in [-0.15, -0.1) is 0 Å². The van der Waals surface area contributed by atoms with E-state index >= 15 is 0 Å². The highest BCUT2D eigenvalue weighted by molar-refractivity contribution is 9.10. The number of urea groups is 1. The van der Waals surface area contributed by atoms with E-state index in [0.29, 0.717) is 44.0 Å². The number of nitrogens with zero attached hydrogens (tertiary/aromatic N) is 3. The molecule has 3 aromatic carbocycles. The number of amides is 4. The van der Waals surface area contributed by atoms with E-state index in [9.17, 15) is 14.4 Å². The minimum absolute atomic E-state index is 0.0360. The van der Waals surface area contributed by atoms with Gasteiger partial charge in [-0.05, 0) is 77.2 Å². The van der Waals surface area contributed by atoms with Gasteiger partial charge in [0.1, 0.15) is 12.1 Å². The zero-order valence-corrected chi connectivity index (χ0v) is 23.5. The van der Waals surface area contributed by atoms with Gasteiger partial charge in [-0.2, -0.15) is 0 Å². The fourth-order valence-electron chi connectivity index (χ4n) is 5.36. The number of aryl methyl sites for hydroxylation is 1. The van der Waals surface area contributed by atoms with Gasteiger partial charge in [0.2, 0.25) is 5.91 Å². The van der Waals surface area contributed by atoms with Crippen molar-refractivity contribution in [3.63, 3.8) is 0 Å². The number of carbonyl (C=O) groups is 3. The number of nitrogens with one attached hydrogen (secondary N) is 2. The zero-order chi connectivity index (χ0) is 27.4. The van der Waals surface area contributed by atoms with Gasteiger partial charge in [-0.3, -0.25) is 9.59 Å². The molecule has 2 aliphatic heterocycles. The molecule has 0 unspecified atom stereocenters. The Morgan fingerprint density at radius 1 is 0.897 bits per heavy atom. The van der Waals surface area contributed by atoms with Gasteiger partial charge in [0.25, 0.3) is 5.91 Å². The van der Waals surface area contributed by atoms with Crippen LogP contribution in [0.25, 0.3) is 0 Å². The van der Waals surface area contributed by atoms with E-state index in [4.69, 9.17) is 0 Å². The molecule has 0 atom stereocenters. The molecule has 0 aliphatic carbocycles. The topological polar surface area (TPSA) is 85.0 Å². The van der Waals surface area contributed by atoms with Crippen molar-refractivity contribution in [1.82, 2.24) is 9.80 Å². The quantitative estimate of drug-likeness (QED) is 0.407. The first-order valence-electron chi connectivity index (χ1n) is 13.2. The van der Waals surface area contributed by atoms with Crippen LogP contribution in [0.2, 0.25) is 0 Å². The number of hydrogen-bond acceptors (Lipinski definition) is 4. The van der Waals surface area contributed by atoms with Crippen LogP contribution < -0.4 is 15.5 Å². The third-order valence-electron chi connectivity index (χ3n) is 7.56. The average Bonchev–Trinajstić information content (AvgIpc) is 3.21. The van der Waals surface area contributed by atoms with Crippen molar-refractivity contribution in [2.24, 2.45) is 0 Å². The number of rotatable bonds is 6. The van der Waals surface area contributed by atoms with Crippen LogP contribution in [0.1, 0.15) is 25.3 Å². The highest BCUT2D eigenvalue weighted by Crippen LogP contribution is 2.39. The van der Waals surface area contributed by atoms with Crippen LogP contribution in [0.5, 0.6) is 0 Å². The van der Waals surface area contributed by atoms with Gasteiger partial charge < -0.3 is 25.3 Å². The summed E-state index contributed by atoms with van der Waals surface area (Å²) in [5.74, 6) is -0.309. The molecule has 39 heavy (non-hydrogen) atoms. The van der Waals surface area contributed by atoms with Gasteiger partial charge in [-0.25, -0.2) is 4.79 Å². The highest BCUT2D eigenvalue weighted by Gasteiger charge is 2.54. The molecule has 0 saturated carbocycles. The van der Waals surface area contributed by atoms with Crippen LogP contribution in [0.4, 0.5) is 21.9 Å². The maximum atomic E-state index is 13.9. The number of carbonyl (C=O) groups excluding carboxylic acids is 3. The molecule has 2 heterocycles. The summed E-state index contributed by atoms with van der Waals surface area (Å²) >= 11 is 3.47. The largest absolute Gasteiger partial charge is 0.339 e. The van der Waals surface area contributed by atoms with E-state index in [1.54, 1.807) is 9.80 Å².